The zero-order chi connectivity index (χ0) is 13.5. The molecule has 0 unspecified atom stereocenters. The van der Waals surface area contributed by atoms with Gasteiger partial charge in [-0.25, -0.2) is 4.79 Å². The van der Waals surface area contributed by atoms with Crippen LogP contribution >= 0.6 is 12.6 Å². The third kappa shape index (κ3) is 4.88. The molecule has 1 rings (SSSR count). The van der Waals surface area contributed by atoms with Gasteiger partial charge in [0, 0.05) is 5.75 Å². The van der Waals surface area contributed by atoms with Crippen molar-refractivity contribution in [1.29, 1.82) is 0 Å². The Labute approximate surface area is 113 Å². The molecule has 104 valence electrons. The average molecular weight is 274 g/mol. The SMILES string of the molecule is C[C@H](CS)C(=O)O[C@@H](CC1CCCCC1)C(=O)O. The van der Waals surface area contributed by atoms with E-state index in [1.165, 1.54) is 6.42 Å². The lowest BCUT2D eigenvalue weighted by Gasteiger charge is -2.25. The van der Waals surface area contributed by atoms with Gasteiger partial charge in [0.05, 0.1) is 5.92 Å². The largest absolute Gasteiger partial charge is 0.479 e. The monoisotopic (exact) mass is 274 g/mol. The highest BCUT2D eigenvalue weighted by Crippen LogP contribution is 2.28. The Morgan fingerprint density at radius 2 is 1.94 bits per heavy atom. The van der Waals surface area contributed by atoms with Crippen LogP contribution < -0.4 is 0 Å². The van der Waals surface area contributed by atoms with E-state index in [2.05, 4.69) is 12.6 Å². The van der Waals surface area contributed by atoms with Gasteiger partial charge < -0.3 is 9.84 Å². The van der Waals surface area contributed by atoms with Crippen LogP contribution in [0.15, 0.2) is 0 Å². The van der Waals surface area contributed by atoms with E-state index in [0.717, 1.165) is 25.7 Å². The second-order valence-electron chi connectivity index (χ2n) is 5.09. The van der Waals surface area contributed by atoms with Crippen LogP contribution in [0.1, 0.15) is 45.4 Å². The van der Waals surface area contributed by atoms with Crippen molar-refractivity contribution in [1.82, 2.24) is 0 Å². The number of hydrogen-bond acceptors (Lipinski definition) is 4. The maximum absolute atomic E-state index is 11.6. The van der Waals surface area contributed by atoms with Crippen LogP contribution in [0, 0.1) is 11.8 Å². The van der Waals surface area contributed by atoms with Crippen molar-refractivity contribution in [3.05, 3.63) is 0 Å². The van der Waals surface area contributed by atoms with Gasteiger partial charge in [-0.1, -0.05) is 39.0 Å². The maximum atomic E-state index is 11.6. The van der Waals surface area contributed by atoms with Crippen LogP contribution in [0.3, 0.4) is 0 Å². The van der Waals surface area contributed by atoms with Crippen molar-refractivity contribution in [3.63, 3.8) is 0 Å². The molecule has 0 amide bonds. The fourth-order valence-electron chi connectivity index (χ4n) is 2.26. The Kier molecular flexibility index (Phi) is 6.54. The first-order valence-corrected chi connectivity index (χ1v) is 7.22. The van der Waals surface area contributed by atoms with E-state index in [1.54, 1.807) is 6.92 Å². The second kappa shape index (κ2) is 7.67. The molecule has 0 saturated heterocycles. The molecule has 2 atom stereocenters. The van der Waals surface area contributed by atoms with Crippen LogP contribution in [0.4, 0.5) is 0 Å². The number of hydrogen-bond donors (Lipinski definition) is 2. The highest BCUT2D eigenvalue weighted by atomic mass is 32.1. The summed E-state index contributed by atoms with van der Waals surface area (Å²) in [5.74, 6) is -1.12. The third-order valence-corrected chi connectivity index (χ3v) is 4.03. The van der Waals surface area contributed by atoms with Crippen molar-refractivity contribution in [2.45, 2.75) is 51.6 Å². The van der Waals surface area contributed by atoms with Gasteiger partial charge in [0.15, 0.2) is 6.10 Å². The average Bonchev–Trinajstić information content (AvgIpc) is 2.37. The van der Waals surface area contributed by atoms with Gasteiger partial charge in [-0.3, -0.25) is 4.79 Å². The fourth-order valence-corrected chi connectivity index (χ4v) is 2.40. The van der Waals surface area contributed by atoms with Gasteiger partial charge in [-0.2, -0.15) is 12.6 Å². The first-order chi connectivity index (χ1) is 8.54. The van der Waals surface area contributed by atoms with Crippen molar-refractivity contribution >= 4 is 24.6 Å². The number of carbonyl (C=O) groups is 2. The topological polar surface area (TPSA) is 63.6 Å². The van der Waals surface area contributed by atoms with Crippen molar-refractivity contribution < 1.29 is 19.4 Å². The van der Waals surface area contributed by atoms with Crippen molar-refractivity contribution in [3.8, 4) is 0 Å². The molecule has 0 aromatic carbocycles. The molecular formula is C13H22O4S. The Bertz CT molecular complexity index is 287. The highest BCUT2D eigenvalue weighted by molar-refractivity contribution is 7.80. The Morgan fingerprint density at radius 1 is 1.33 bits per heavy atom. The number of carboxylic acids is 1. The molecule has 0 spiro atoms. The fraction of sp³-hybridized carbons (Fsp3) is 0.846. The minimum atomic E-state index is -1.04. The molecule has 1 fully saturated rings. The summed E-state index contributed by atoms with van der Waals surface area (Å²) < 4.78 is 5.08. The summed E-state index contributed by atoms with van der Waals surface area (Å²) in [7, 11) is 0. The molecule has 0 heterocycles. The van der Waals surface area contributed by atoms with Crippen molar-refractivity contribution in [2.75, 3.05) is 5.75 Å². The molecule has 1 aliphatic carbocycles. The Balaban J connectivity index is 2.48. The minimum absolute atomic E-state index is 0.360. The van der Waals surface area contributed by atoms with Gasteiger partial charge in [-0.05, 0) is 12.3 Å². The molecule has 1 aliphatic rings. The second-order valence-corrected chi connectivity index (χ2v) is 5.45. The Morgan fingerprint density at radius 3 is 2.44 bits per heavy atom. The van der Waals surface area contributed by atoms with E-state index in [-0.39, 0.29) is 5.92 Å². The molecule has 0 radical (unpaired) electrons. The molecule has 0 aromatic heterocycles. The van der Waals surface area contributed by atoms with E-state index in [0.29, 0.717) is 18.1 Å². The van der Waals surface area contributed by atoms with E-state index in [1.807, 2.05) is 0 Å². The van der Waals surface area contributed by atoms with Gasteiger partial charge in [0.2, 0.25) is 0 Å². The molecular weight excluding hydrogens is 252 g/mol. The van der Waals surface area contributed by atoms with Gasteiger partial charge >= 0.3 is 11.9 Å². The third-order valence-electron chi connectivity index (χ3n) is 3.48. The van der Waals surface area contributed by atoms with Gasteiger partial charge in [0.1, 0.15) is 0 Å². The van der Waals surface area contributed by atoms with Crippen LogP contribution in [0.2, 0.25) is 0 Å². The van der Waals surface area contributed by atoms with E-state index >= 15 is 0 Å². The van der Waals surface area contributed by atoms with Crippen LogP contribution in [-0.4, -0.2) is 28.9 Å². The lowest BCUT2D eigenvalue weighted by atomic mass is 9.85. The number of rotatable bonds is 6. The predicted octanol–water partition coefficient (Wildman–Crippen LogP) is 2.52. The molecule has 0 aliphatic heterocycles. The van der Waals surface area contributed by atoms with E-state index in [4.69, 9.17) is 9.84 Å². The van der Waals surface area contributed by atoms with Gasteiger partial charge in [0.25, 0.3) is 0 Å². The summed E-state index contributed by atoms with van der Waals surface area (Å²) in [6.45, 7) is 1.69. The molecule has 1 N–H and O–H groups in total. The molecule has 0 aromatic rings. The number of ether oxygens (including phenoxy) is 1. The number of aliphatic carboxylic acids is 1. The number of carboxylic acid groups (broad SMARTS) is 1. The Hall–Kier alpha value is -0.710. The summed E-state index contributed by atoms with van der Waals surface area (Å²) in [5, 5.41) is 9.11. The first-order valence-electron chi connectivity index (χ1n) is 6.58. The highest BCUT2D eigenvalue weighted by Gasteiger charge is 2.28. The van der Waals surface area contributed by atoms with Crippen LogP contribution in [0.5, 0.6) is 0 Å². The summed E-state index contributed by atoms with van der Waals surface area (Å²) in [6, 6.07) is 0. The van der Waals surface area contributed by atoms with E-state index < -0.39 is 18.0 Å². The molecule has 18 heavy (non-hydrogen) atoms. The lowest BCUT2D eigenvalue weighted by Crippen LogP contribution is -2.32. The minimum Gasteiger partial charge on any atom is -0.479 e. The molecule has 5 heteroatoms. The summed E-state index contributed by atoms with van der Waals surface area (Å²) >= 11 is 4.01. The zero-order valence-corrected chi connectivity index (χ0v) is 11.7. The summed E-state index contributed by atoms with van der Waals surface area (Å²) in [4.78, 5) is 22.7. The predicted molar refractivity (Wildman–Crippen MR) is 71.7 cm³/mol. The lowest BCUT2D eigenvalue weighted by molar-refractivity contribution is -0.167. The maximum Gasteiger partial charge on any atom is 0.345 e. The van der Waals surface area contributed by atoms with Crippen LogP contribution in [-0.2, 0) is 14.3 Å². The molecule has 0 bridgehead atoms. The zero-order valence-electron chi connectivity index (χ0n) is 10.8. The summed E-state index contributed by atoms with van der Waals surface area (Å²) in [6.07, 6.45) is 5.07. The first kappa shape index (κ1) is 15.3. The van der Waals surface area contributed by atoms with Crippen molar-refractivity contribution in [2.24, 2.45) is 11.8 Å². The standard InChI is InChI=1S/C13H22O4S/c1-9(8-18)13(16)17-11(12(14)15)7-10-5-3-2-4-6-10/h9-11,18H,2-8H2,1H3,(H,14,15)/t9-,11+/m1/s1. The molecule has 4 nitrogen and oxygen atoms in total. The number of carbonyl (C=O) groups excluding carboxylic acids is 1. The van der Waals surface area contributed by atoms with E-state index in [9.17, 15) is 9.59 Å². The number of thiol groups is 1. The van der Waals surface area contributed by atoms with Gasteiger partial charge in [-0.15, -0.1) is 0 Å². The summed E-state index contributed by atoms with van der Waals surface area (Å²) in [5.41, 5.74) is 0. The normalized spacial score (nSPS) is 20.1. The smallest absolute Gasteiger partial charge is 0.345 e. The van der Waals surface area contributed by atoms with Crippen LogP contribution in [0.25, 0.3) is 0 Å². The molecule has 1 saturated carbocycles. The quantitative estimate of drug-likeness (QED) is 0.577. The number of esters is 1.